The minimum atomic E-state index is -0.498. The van der Waals surface area contributed by atoms with Gasteiger partial charge in [-0.1, -0.05) is 48.5 Å². The molecule has 0 aliphatic carbocycles. The fraction of sp³-hybridized carbons (Fsp3) is 0.371. The van der Waals surface area contributed by atoms with Gasteiger partial charge in [-0.15, -0.1) is 0 Å². The molecule has 0 bridgehead atoms. The Hall–Kier alpha value is -3.78. The second-order valence-electron chi connectivity index (χ2n) is 11.7. The van der Waals surface area contributed by atoms with Gasteiger partial charge in [0.1, 0.15) is 6.10 Å². The molecule has 0 spiro atoms. The third-order valence-corrected chi connectivity index (χ3v) is 10.4. The van der Waals surface area contributed by atoms with E-state index in [-0.39, 0.29) is 17.9 Å². The number of para-hydroxylation sites is 1. The topological polar surface area (TPSA) is 117 Å². The Morgan fingerprint density at radius 1 is 0.826 bits per heavy atom. The van der Waals surface area contributed by atoms with E-state index in [9.17, 15) is 19.2 Å². The van der Waals surface area contributed by atoms with Crippen LogP contribution in [0.4, 0.5) is 21.0 Å². The van der Waals surface area contributed by atoms with E-state index in [0.717, 1.165) is 59.3 Å². The van der Waals surface area contributed by atoms with Crippen LogP contribution >= 0.6 is 0 Å². The van der Waals surface area contributed by atoms with Crippen LogP contribution in [0, 0.1) is 5.92 Å². The summed E-state index contributed by atoms with van der Waals surface area (Å²) in [6.45, 7) is 3.86. The van der Waals surface area contributed by atoms with Gasteiger partial charge >= 0.3 is 157 Å². The molecular formula is C35H39N4O6Tl. The summed E-state index contributed by atoms with van der Waals surface area (Å²) >= 11 is 0.468. The number of anilines is 2. The van der Waals surface area contributed by atoms with Crippen LogP contribution in [0.15, 0.2) is 72.8 Å². The molecule has 0 saturated carbocycles. The van der Waals surface area contributed by atoms with Crippen LogP contribution in [-0.2, 0) is 14.3 Å². The van der Waals surface area contributed by atoms with Gasteiger partial charge in [0.05, 0.1) is 5.69 Å². The van der Waals surface area contributed by atoms with Crippen molar-refractivity contribution in [2.24, 2.45) is 5.92 Å². The zero-order valence-electron chi connectivity index (χ0n) is 25.9. The normalized spacial score (nSPS) is 15.9. The summed E-state index contributed by atoms with van der Waals surface area (Å²) < 4.78 is 12.2. The molecule has 3 aromatic rings. The van der Waals surface area contributed by atoms with Crippen LogP contribution in [0.3, 0.4) is 0 Å². The van der Waals surface area contributed by atoms with Gasteiger partial charge in [0.2, 0.25) is 0 Å². The van der Waals surface area contributed by atoms with E-state index >= 15 is 0 Å². The number of amides is 3. The summed E-state index contributed by atoms with van der Waals surface area (Å²) in [4.78, 5) is 53.0. The Kier molecular flexibility index (Phi) is 12.2. The van der Waals surface area contributed by atoms with Crippen molar-refractivity contribution in [2.75, 3.05) is 50.0 Å². The fourth-order valence-electron chi connectivity index (χ4n) is 5.87. The Bertz CT molecular complexity index is 1500. The van der Waals surface area contributed by atoms with Crippen LogP contribution in [0.25, 0.3) is 11.1 Å². The number of nitrogens with one attached hydrogen (secondary N) is 2. The molecule has 2 aliphatic rings. The third kappa shape index (κ3) is 9.61. The van der Waals surface area contributed by atoms with Crippen molar-refractivity contribution in [1.82, 2.24) is 9.80 Å². The van der Waals surface area contributed by atoms with E-state index in [1.165, 1.54) is 0 Å². The van der Waals surface area contributed by atoms with E-state index in [1.807, 2.05) is 59.5 Å². The molecular weight excluding hydrogens is 777 g/mol. The van der Waals surface area contributed by atoms with Gasteiger partial charge in [0.15, 0.2) is 0 Å². The average Bonchev–Trinajstić information content (AvgIpc) is 3.08. The summed E-state index contributed by atoms with van der Waals surface area (Å²) in [7, 11) is 0. The van der Waals surface area contributed by atoms with Crippen molar-refractivity contribution in [3.05, 3.63) is 78.4 Å². The number of rotatable bonds is 10. The number of likely N-dealkylation sites (tertiary alicyclic amines) is 2. The quantitative estimate of drug-likeness (QED) is 0.222. The molecule has 3 amide bonds. The van der Waals surface area contributed by atoms with Gasteiger partial charge in [-0.25, -0.2) is 4.79 Å². The second kappa shape index (κ2) is 16.7. The predicted molar refractivity (Wildman–Crippen MR) is 178 cm³/mol. The van der Waals surface area contributed by atoms with Gasteiger partial charge in [-0.2, -0.15) is 0 Å². The zero-order valence-corrected chi connectivity index (χ0v) is 30.3. The molecule has 46 heavy (non-hydrogen) atoms. The molecule has 3 aromatic carbocycles. The second-order valence-corrected chi connectivity index (χ2v) is 14.2. The van der Waals surface area contributed by atoms with Crippen LogP contribution < -0.4 is 13.8 Å². The molecule has 5 rings (SSSR count). The number of hydrogen-bond donors (Lipinski definition) is 2. The zero-order chi connectivity index (χ0) is 32.3. The van der Waals surface area contributed by atoms with Crippen LogP contribution in [0.1, 0.15) is 42.5 Å². The van der Waals surface area contributed by atoms with E-state index in [1.54, 1.807) is 18.2 Å². The first-order valence-corrected chi connectivity index (χ1v) is 18.0. The molecule has 2 aliphatic heterocycles. The number of benzene rings is 3. The molecule has 2 saturated heterocycles. The molecule has 11 heteroatoms. The number of piperidine rings is 2. The number of carbonyl (C=O) groups is 4. The van der Waals surface area contributed by atoms with Gasteiger partial charge in [0, 0.05) is 25.2 Å². The third-order valence-electron chi connectivity index (χ3n) is 8.56. The summed E-state index contributed by atoms with van der Waals surface area (Å²) in [6.07, 6.45) is 3.19. The van der Waals surface area contributed by atoms with E-state index in [4.69, 9.17) is 9.47 Å². The average molecular weight is 816 g/mol. The summed E-state index contributed by atoms with van der Waals surface area (Å²) in [5.41, 5.74) is 3.96. The first-order chi connectivity index (χ1) is 22.4. The Morgan fingerprint density at radius 2 is 1.52 bits per heavy atom. The van der Waals surface area contributed by atoms with Crippen molar-refractivity contribution in [2.45, 2.75) is 38.2 Å². The summed E-state index contributed by atoms with van der Waals surface area (Å²) in [5.74, 6) is 0.360. The molecule has 2 N–H and O–H groups in total. The Morgan fingerprint density at radius 3 is 2.24 bits per heavy atom. The SMILES string of the molecule is O=Cc1ccc(NC(=O)OCC2CCN(C(=O)CCN3CCC(OC(=O)Nc4ccccc4-c4ccccc4)CC3)CC2)[c]([Tl])c1. The molecule has 2 fully saturated rings. The molecule has 0 aromatic heterocycles. The molecule has 2 heterocycles. The van der Waals surface area contributed by atoms with Crippen LogP contribution in [0.2, 0.25) is 0 Å². The van der Waals surface area contributed by atoms with E-state index in [0.29, 0.717) is 75.4 Å². The van der Waals surface area contributed by atoms with Gasteiger partial charge in [0.25, 0.3) is 0 Å². The number of hydrogen-bond acceptors (Lipinski definition) is 7. The first kappa shape index (κ1) is 33.6. The van der Waals surface area contributed by atoms with Crippen molar-refractivity contribution in [3.63, 3.8) is 0 Å². The standard InChI is InChI=1S/C35H39N4O6.Tl/c40-24-26-10-12-29(13-11-26)36-34(42)44-25-27-14-22-39(23-15-27)33(41)18-21-38-19-16-30(17-20-38)45-35(43)37-32-9-5-4-8-31(32)28-6-2-1-3-7-28;/h1-12,24,27,30H,14-23,25H2,(H,36,42)(H,37,43);. The number of ether oxygens (including phenoxy) is 2. The molecule has 10 nitrogen and oxygen atoms in total. The number of aldehydes is 1. The van der Waals surface area contributed by atoms with Crippen LogP contribution in [0.5, 0.6) is 0 Å². The van der Waals surface area contributed by atoms with Crippen molar-refractivity contribution in [1.29, 1.82) is 0 Å². The van der Waals surface area contributed by atoms with E-state index < -0.39 is 12.2 Å². The summed E-state index contributed by atoms with van der Waals surface area (Å²) in [5, 5.41) is 5.69. The molecule has 238 valence electrons. The first-order valence-electron chi connectivity index (χ1n) is 15.8. The number of nitrogens with zero attached hydrogens (tertiary/aromatic N) is 2. The summed E-state index contributed by atoms with van der Waals surface area (Å²) in [6, 6.07) is 22.8. The van der Waals surface area contributed by atoms with Gasteiger partial charge in [-0.05, 0) is 24.5 Å². The fourth-order valence-corrected chi connectivity index (χ4v) is 7.27. The predicted octanol–water partition coefficient (Wildman–Crippen LogP) is 4.85. The number of carbonyl (C=O) groups excluding carboxylic acids is 4. The molecule has 0 unspecified atom stereocenters. The maximum absolute atomic E-state index is 12.9. The van der Waals surface area contributed by atoms with Crippen molar-refractivity contribution >= 4 is 64.6 Å². The molecule has 0 atom stereocenters. The van der Waals surface area contributed by atoms with Crippen molar-refractivity contribution in [3.8, 4) is 11.1 Å². The van der Waals surface area contributed by atoms with Crippen molar-refractivity contribution < 1.29 is 28.7 Å². The Labute approximate surface area is 285 Å². The van der Waals surface area contributed by atoms with Gasteiger partial charge in [-0.3, -0.25) is 5.32 Å². The minimum absolute atomic E-state index is 0.145. The Balaban J connectivity index is 0.957. The monoisotopic (exact) mass is 816 g/mol. The van der Waals surface area contributed by atoms with Gasteiger partial charge < -0.3 is 9.64 Å². The molecule has 0 radical (unpaired) electrons. The maximum atomic E-state index is 12.9. The van der Waals surface area contributed by atoms with E-state index in [2.05, 4.69) is 15.5 Å². The van der Waals surface area contributed by atoms with Crippen LogP contribution in [-0.4, -0.2) is 105 Å².